The number of nitrogens with one attached hydrogen (secondary N) is 2. The lowest BCUT2D eigenvalue weighted by atomic mass is 9.79. The summed E-state index contributed by atoms with van der Waals surface area (Å²) in [7, 11) is 1.64. The highest BCUT2D eigenvalue weighted by Gasteiger charge is 2.50. The summed E-state index contributed by atoms with van der Waals surface area (Å²) >= 11 is 1.33. The summed E-state index contributed by atoms with van der Waals surface area (Å²) in [4.78, 5) is 45.5. The van der Waals surface area contributed by atoms with Gasteiger partial charge >= 0.3 is 0 Å². The number of aromatic nitrogens is 1. The molecule has 2 aliphatic rings. The summed E-state index contributed by atoms with van der Waals surface area (Å²) < 4.78 is 5.53. The highest BCUT2D eigenvalue weighted by Crippen LogP contribution is 2.47. The number of fused-ring (bicyclic) bond motifs is 3. The van der Waals surface area contributed by atoms with Gasteiger partial charge in [-0.1, -0.05) is 48.5 Å². The van der Waals surface area contributed by atoms with Crippen LogP contribution in [-0.2, 0) is 39.1 Å². The number of rotatable bonds is 8. The van der Waals surface area contributed by atoms with Crippen LogP contribution in [0.2, 0.25) is 0 Å². The predicted octanol–water partition coefficient (Wildman–Crippen LogP) is 5.12. The van der Waals surface area contributed by atoms with E-state index >= 15 is 0 Å². The number of hydrogen-bond donors (Lipinski definition) is 2. The van der Waals surface area contributed by atoms with Crippen molar-refractivity contribution in [2.24, 2.45) is 0 Å². The van der Waals surface area contributed by atoms with E-state index in [0.29, 0.717) is 24.2 Å². The first-order valence-corrected chi connectivity index (χ1v) is 14.4. The summed E-state index contributed by atoms with van der Waals surface area (Å²) in [6.07, 6.45) is 1.02. The highest BCUT2D eigenvalue weighted by molar-refractivity contribution is 7.07. The Bertz CT molecular complexity index is 1640. The van der Waals surface area contributed by atoms with Crippen molar-refractivity contribution in [3.05, 3.63) is 111 Å². The minimum Gasteiger partial charge on any atom is -0.377 e. The molecule has 0 saturated carbocycles. The maximum absolute atomic E-state index is 13.4. The number of nitrogens with zero attached hydrogens (tertiary/aromatic N) is 2. The van der Waals surface area contributed by atoms with Crippen LogP contribution in [0.1, 0.15) is 51.3 Å². The molecule has 41 heavy (non-hydrogen) atoms. The van der Waals surface area contributed by atoms with Crippen LogP contribution < -0.4 is 10.6 Å². The maximum Gasteiger partial charge on any atom is 0.274 e. The molecule has 1 spiro atoms. The molecule has 0 fully saturated rings. The Morgan fingerprint density at radius 3 is 2.68 bits per heavy atom. The zero-order valence-electron chi connectivity index (χ0n) is 22.8. The van der Waals surface area contributed by atoms with Crippen LogP contribution in [0, 0.1) is 0 Å². The molecule has 0 saturated heterocycles. The normalized spacial score (nSPS) is 17.6. The molecule has 2 atom stereocenters. The molecule has 3 aromatic carbocycles. The van der Waals surface area contributed by atoms with Gasteiger partial charge in [0.25, 0.3) is 5.91 Å². The van der Waals surface area contributed by atoms with Gasteiger partial charge in [-0.2, -0.15) is 0 Å². The molecule has 0 radical (unpaired) electrons. The van der Waals surface area contributed by atoms with Crippen molar-refractivity contribution >= 4 is 40.4 Å². The lowest BCUT2D eigenvalue weighted by molar-refractivity contribution is -0.120. The third kappa shape index (κ3) is 5.03. The van der Waals surface area contributed by atoms with E-state index < -0.39 is 5.41 Å². The van der Waals surface area contributed by atoms with Crippen molar-refractivity contribution in [3.8, 4) is 0 Å². The van der Waals surface area contributed by atoms with Crippen LogP contribution in [0.4, 0.5) is 11.4 Å². The number of para-hydroxylation sites is 1. The molecule has 1 aliphatic heterocycles. The van der Waals surface area contributed by atoms with Gasteiger partial charge in [-0.15, -0.1) is 11.3 Å². The second-order valence-electron chi connectivity index (χ2n) is 10.6. The predicted molar refractivity (Wildman–Crippen MR) is 158 cm³/mol. The molecular weight excluding hydrogens is 536 g/mol. The van der Waals surface area contributed by atoms with Crippen LogP contribution in [0.3, 0.4) is 0 Å². The van der Waals surface area contributed by atoms with Crippen molar-refractivity contribution < 1.29 is 19.1 Å². The Morgan fingerprint density at radius 1 is 1.10 bits per heavy atom. The topological polar surface area (TPSA) is 101 Å². The van der Waals surface area contributed by atoms with Gasteiger partial charge in [-0.3, -0.25) is 14.4 Å². The van der Waals surface area contributed by atoms with E-state index in [9.17, 15) is 14.4 Å². The molecule has 2 unspecified atom stereocenters. The largest absolute Gasteiger partial charge is 0.377 e. The fourth-order valence-electron chi connectivity index (χ4n) is 5.94. The van der Waals surface area contributed by atoms with E-state index in [-0.39, 0.29) is 36.9 Å². The average Bonchev–Trinajstić information content (AvgIpc) is 3.71. The summed E-state index contributed by atoms with van der Waals surface area (Å²) in [6.45, 7) is 2.03. The van der Waals surface area contributed by atoms with Crippen LogP contribution in [0.5, 0.6) is 0 Å². The highest BCUT2D eigenvalue weighted by atomic mass is 32.1. The number of carbonyl (C=O) groups excluding carboxylic acids is 3. The molecule has 208 valence electrons. The van der Waals surface area contributed by atoms with Crippen molar-refractivity contribution in [2.45, 2.75) is 37.8 Å². The second kappa shape index (κ2) is 10.9. The molecule has 9 heteroatoms. The molecule has 2 N–H and O–H groups in total. The van der Waals surface area contributed by atoms with Crippen molar-refractivity contribution in [1.82, 2.24) is 9.88 Å². The number of methoxy groups -OCH3 is 1. The first-order valence-electron chi connectivity index (χ1n) is 13.5. The molecule has 1 aliphatic carbocycles. The lowest BCUT2D eigenvalue weighted by Crippen LogP contribution is -2.38. The lowest BCUT2D eigenvalue weighted by Gasteiger charge is -2.24. The van der Waals surface area contributed by atoms with E-state index in [4.69, 9.17) is 4.74 Å². The molecule has 0 bridgehead atoms. The minimum absolute atomic E-state index is 0.0137. The molecule has 2 heterocycles. The Balaban J connectivity index is 1.21. The number of thiazole rings is 1. The van der Waals surface area contributed by atoms with Gasteiger partial charge in [0.1, 0.15) is 12.2 Å². The number of hydrogen-bond acceptors (Lipinski definition) is 6. The van der Waals surface area contributed by atoms with E-state index in [1.165, 1.54) is 16.2 Å². The number of amides is 3. The van der Waals surface area contributed by atoms with Gasteiger partial charge in [-0.25, -0.2) is 4.98 Å². The first-order chi connectivity index (χ1) is 19.9. The smallest absolute Gasteiger partial charge is 0.274 e. The van der Waals surface area contributed by atoms with Crippen LogP contribution in [-0.4, -0.2) is 41.3 Å². The van der Waals surface area contributed by atoms with Gasteiger partial charge in [-0.05, 0) is 65.8 Å². The van der Waals surface area contributed by atoms with Gasteiger partial charge in [0.05, 0.1) is 17.0 Å². The number of ether oxygens (including phenoxy) is 1. The quantitative estimate of drug-likeness (QED) is 0.308. The number of benzene rings is 3. The van der Waals surface area contributed by atoms with Gasteiger partial charge < -0.3 is 20.3 Å². The fraction of sp³-hybridized carbons (Fsp3) is 0.250. The van der Waals surface area contributed by atoms with Crippen molar-refractivity contribution in [3.63, 3.8) is 0 Å². The molecule has 6 rings (SSSR count). The van der Waals surface area contributed by atoms with E-state index in [0.717, 1.165) is 33.5 Å². The average molecular weight is 567 g/mol. The summed E-state index contributed by atoms with van der Waals surface area (Å²) in [6, 6.07) is 21.4. The van der Waals surface area contributed by atoms with E-state index in [2.05, 4.69) is 15.6 Å². The standard InChI is InChI=1S/C32H30N4O4S/c1-20(40-2)25-8-4-3-7-22(25)16-36(30(38)28-18-41-19-33-28)17-29(37)34-24-12-11-21-14-32(15-23(21)13-24)26-9-5-6-10-27(26)35-31(32)39/h3-13,18-20H,14-17H2,1-2H3,(H,34,37)(H,35,39). The van der Waals surface area contributed by atoms with Crippen molar-refractivity contribution in [1.29, 1.82) is 0 Å². The van der Waals surface area contributed by atoms with Crippen LogP contribution >= 0.6 is 11.3 Å². The Hall–Kier alpha value is -4.34. The number of carbonyl (C=O) groups is 3. The molecule has 1 aromatic heterocycles. The first kappa shape index (κ1) is 26.9. The SMILES string of the molecule is COC(C)c1ccccc1CN(CC(=O)Nc1ccc2c(c1)CC1(C2)C(=O)Nc2ccccc21)C(=O)c1cscn1. The van der Waals surface area contributed by atoms with Crippen LogP contribution in [0.25, 0.3) is 0 Å². The fourth-order valence-corrected chi connectivity index (χ4v) is 6.46. The van der Waals surface area contributed by atoms with Gasteiger partial charge in [0, 0.05) is 30.4 Å². The molecular formula is C32H30N4O4S. The van der Waals surface area contributed by atoms with Gasteiger partial charge in [0.2, 0.25) is 11.8 Å². The zero-order chi connectivity index (χ0) is 28.6. The molecule has 4 aromatic rings. The third-order valence-corrected chi connectivity index (χ3v) is 8.67. The monoisotopic (exact) mass is 566 g/mol. The van der Waals surface area contributed by atoms with Crippen LogP contribution in [0.15, 0.2) is 77.6 Å². The maximum atomic E-state index is 13.4. The summed E-state index contributed by atoms with van der Waals surface area (Å²) in [5, 5.41) is 7.69. The number of anilines is 2. The van der Waals surface area contributed by atoms with E-state index in [1.54, 1.807) is 18.0 Å². The Labute approximate surface area is 242 Å². The third-order valence-electron chi connectivity index (χ3n) is 8.08. The molecule has 3 amide bonds. The Kier molecular flexibility index (Phi) is 7.15. The summed E-state index contributed by atoms with van der Waals surface area (Å²) in [5.41, 5.74) is 7.79. The minimum atomic E-state index is -0.620. The summed E-state index contributed by atoms with van der Waals surface area (Å²) in [5.74, 6) is -0.620. The Morgan fingerprint density at radius 2 is 1.88 bits per heavy atom. The zero-order valence-corrected chi connectivity index (χ0v) is 23.7. The van der Waals surface area contributed by atoms with Gasteiger partial charge in [0.15, 0.2) is 0 Å². The van der Waals surface area contributed by atoms with Crippen molar-refractivity contribution in [2.75, 3.05) is 24.3 Å². The molecule has 8 nitrogen and oxygen atoms in total. The second-order valence-corrected chi connectivity index (χ2v) is 11.3. The van der Waals surface area contributed by atoms with E-state index in [1.807, 2.05) is 73.7 Å².